The van der Waals surface area contributed by atoms with Crippen molar-refractivity contribution < 1.29 is 67.8 Å². The number of carboxylic acid groups (broad SMARTS) is 2. The summed E-state index contributed by atoms with van der Waals surface area (Å²) in [7, 11) is 4.89. The molecule has 0 radical (unpaired) electrons. The van der Waals surface area contributed by atoms with Gasteiger partial charge in [0, 0.05) is 79.5 Å². The monoisotopic (exact) mass is 969 g/mol. The number of hydrogen-bond acceptors (Lipinski definition) is 14. The van der Waals surface area contributed by atoms with E-state index in [-0.39, 0.29) is 42.8 Å². The molecule has 2 saturated heterocycles. The SMILES string of the molecule is COC(=O)C1CC(O)CN1c1ccc(/C=C/c2cc[n+](CC(=O)CC(CSSCC(NC(=O)C[n+]3ccc(/C=C/c4ccc(N5CC(O)CC5C(=O)OC)cc4)cc3)C(=O)O)C(=O)O)cc2)cc1. The van der Waals surface area contributed by atoms with Crippen LogP contribution in [0.15, 0.2) is 97.6 Å². The van der Waals surface area contributed by atoms with Crippen molar-refractivity contribution in [1.29, 1.82) is 0 Å². The summed E-state index contributed by atoms with van der Waals surface area (Å²) >= 11 is 0. The Kier molecular flexibility index (Phi) is 18.3. The summed E-state index contributed by atoms with van der Waals surface area (Å²) in [5.74, 6) is -4.93. The fourth-order valence-corrected chi connectivity index (χ4v) is 10.3. The van der Waals surface area contributed by atoms with E-state index in [9.17, 15) is 49.2 Å². The quantitative estimate of drug-likeness (QED) is 0.0330. The van der Waals surface area contributed by atoms with Crippen LogP contribution in [0, 0.1) is 5.92 Å². The molecule has 0 bridgehead atoms. The minimum absolute atomic E-state index is 0.0293. The molecule has 19 heteroatoms. The molecule has 2 aromatic heterocycles. The third-order valence-corrected chi connectivity index (χ3v) is 13.9. The number of nitrogens with zero attached hydrogens (tertiary/aromatic N) is 4. The normalized spacial score (nSPS) is 18.9. The van der Waals surface area contributed by atoms with Crippen molar-refractivity contribution in [3.05, 3.63) is 120 Å². The first-order valence-corrected chi connectivity index (χ1v) is 24.3. The molecule has 4 heterocycles. The highest BCUT2D eigenvalue weighted by Gasteiger charge is 2.38. The highest BCUT2D eigenvalue weighted by molar-refractivity contribution is 8.76. The van der Waals surface area contributed by atoms with Gasteiger partial charge in [0.2, 0.25) is 13.1 Å². The first-order chi connectivity index (χ1) is 32.7. The summed E-state index contributed by atoms with van der Waals surface area (Å²) in [5, 5.41) is 42.4. The third kappa shape index (κ3) is 14.5. The summed E-state index contributed by atoms with van der Waals surface area (Å²) in [6.07, 6.45) is 13.7. The summed E-state index contributed by atoms with van der Waals surface area (Å²) in [5.41, 5.74) is 5.15. The van der Waals surface area contributed by atoms with Crippen molar-refractivity contribution in [2.24, 2.45) is 5.92 Å². The Bertz CT molecular complexity index is 2280. The Morgan fingerprint density at radius 3 is 1.46 bits per heavy atom. The second-order valence-corrected chi connectivity index (χ2v) is 19.0. The van der Waals surface area contributed by atoms with E-state index in [2.05, 4.69) is 5.32 Å². The smallest absolute Gasteiger partial charge is 0.328 e. The van der Waals surface area contributed by atoms with Crippen LogP contribution in [0.2, 0.25) is 0 Å². The average molecular weight is 970 g/mol. The number of carbonyl (C=O) groups is 6. The van der Waals surface area contributed by atoms with E-state index in [4.69, 9.17) is 9.47 Å². The van der Waals surface area contributed by atoms with Gasteiger partial charge in [-0.3, -0.25) is 14.4 Å². The second-order valence-electron chi connectivity index (χ2n) is 16.4. The number of hydrogen-bond donors (Lipinski definition) is 5. The molecule has 4 aromatic rings. The number of benzene rings is 2. The summed E-state index contributed by atoms with van der Waals surface area (Å²) in [4.78, 5) is 77.8. The van der Waals surface area contributed by atoms with E-state index in [1.807, 2.05) is 94.8 Å². The molecule has 2 aliphatic heterocycles. The molecule has 0 spiro atoms. The predicted molar refractivity (Wildman–Crippen MR) is 257 cm³/mol. The number of methoxy groups -OCH3 is 2. The third-order valence-electron chi connectivity index (χ3n) is 11.5. The number of esters is 2. The number of ether oxygens (including phenoxy) is 2. The number of carbonyl (C=O) groups excluding carboxylic acids is 4. The van der Waals surface area contributed by atoms with Gasteiger partial charge in [-0.1, -0.05) is 70.2 Å². The minimum atomic E-state index is -1.24. The lowest BCUT2D eigenvalue weighted by molar-refractivity contribution is -0.684. The lowest BCUT2D eigenvalue weighted by Crippen LogP contribution is -2.49. The number of β-amino-alcohol motifs (C(OH)–C–C–N with tert-alkyl or cyclic N) is 2. The lowest BCUT2D eigenvalue weighted by Gasteiger charge is -2.24. The van der Waals surface area contributed by atoms with Crippen molar-refractivity contribution in [3.63, 3.8) is 0 Å². The Morgan fingerprint density at radius 2 is 1.04 bits per heavy atom. The van der Waals surface area contributed by atoms with Crippen LogP contribution in [0.3, 0.4) is 0 Å². The van der Waals surface area contributed by atoms with Crippen molar-refractivity contribution >= 4 is 92.8 Å². The number of aliphatic hydroxyl groups excluding tert-OH is 2. The molecule has 6 atom stereocenters. The van der Waals surface area contributed by atoms with Crippen molar-refractivity contribution in [2.75, 3.05) is 48.6 Å². The van der Waals surface area contributed by atoms with E-state index in [0.29, 0.717) is 25.9 Å². The number of aliphatic carboxylic acids is 2. The van der Waals surface area contributed by atoms with Crippen LogP contribution < -0.4 is 24.3 Å². The predicted octanol–water partition coefficient (Wildman–Crippen LogP) is 3.14. The molecule has 1 amide bonds. The highest BCUT2D eigenvalue weighted by Crippen LogP contribution is 2.29. The largest absolute Gasteiger partial charge is 0.481 e. The zero-order valence-corrected chi connectivity index (χ0v) is 39.2. The van der Waals surface area contributed by atoms with Crippen molar-refractivity contribution in [3.8, 4) is 0 Å². The molecule has 6 unspecified atom stereocenters. The summed E-state index contributed by atoms with van der Waals surface area (Å²) < 4.78 is 13.1. The number of aromatic nitrogens is 2. The lowest BCUT2D eigenvalue weighted by atomic mass is 10.0. The van der Waals surface area contributed by atoms with Crippen LogP contribution in [-0.4, -0.2) is 125 Å². The number of ketones is 1. The Hall–Kier alpha value is -6.54. The number of rotatable bonds is 22. The van der Waals surface area contributed by atoms with Crippen LogP contribution in [0.1, 0.15) is 41.5 Å². The molecule has 358 valence electrons. The van der Waals surface area contributed by atoms with Crippen LogP contribution in [-0.2, 0) is 51.3 Å². The van der Waals surface area contributed by atoms with Crippen LogP contribution in [0.5, 0.6) is 0 Å². The van der Waals surface area contributed by atoms with Gasteiger partial charge in [-0.05, 0) is 46.5 Å². The molecule has 0 aliphatic carbocycles. The van der Waals surface area contributed by atoms with Crippen LogP contribution in [0.4, 0.5) is 11.4 Å². The molecule has 6 rings (SSSR count). The van der Waals surface area contributed by atoms with Gasteiger partial charge in [0.1, 0.15) is 18.1 Å². The Labute approximate surface area is 401 Å². The molecule has 68 heavy (non-hydrogen) atoms. The van der Waals surface area contributed by atoms with E-state index in [1.54, 1.807) is 46.1 Å². The molecule has 2 aliphatic rings. The maximum Gasteiger partial charge on any atom is 0.328 e. The molecule has 17 nitrogen and oxygen atoms in total. The van der Waals surface area contributed by atoms with Gasteiger partial charge in [0.15, 0.2) is 30.6 Å². The van der Waals surface area contributed by atoms with Gasteiger partial charge in [-0.2, -0.15) is 9.13 Å². The standard InChI is InChI=1S/C49H53N5O12S2/c1-65-48(63)43-24-40(56)27-53(43)37-11-7-32(8-12-37)3-5-34-15-19-51(20-16-34)26-39(55)23-36(46(59)60)30-67-68-31-42(47(61)62)50-45(58)29-52-21-17-35(18-22-52)6-4-33-9-13-38(14-10-33)54-28-41(57)25-44(54)49(64)66-2/h3-22,36,40-44,56-57H,23-31H2,1-2H3,(H-2,50,58,59,60,61,62)/p+2. The maximum atomic E-state index is 12.9. The summed E-state index contributed by atoms with van der Waals surface area (Å²) in [6.45, 7) is 0.515. The topological polar surface area (TPSA) is 228 Å². The second kappa shape index (κ2) is 24.5. The van der Waals surface area contributed by atoms with Gasteiger partial charge in [0.25, 0.3) is 5.91 Å². The van der Waals surface area contributed by atoms with Crippen molar-refractivity contribution in [2.45, 2.75) is 62.7 Å². The fraction of sp³-hybridized carbons (Fsp3) is 0.347. The zero-order chi connectivity index (χ0) is 48.7. The van der Waals surface area contributed by atoms with Gasteiger partial charge < -0.3 is 45.0 Å². The van der Waals surface area contributed by atoms with E-state index in [1.165, 1.54) is 14.2 Å². The zero-order valence-electron chi connectivity index (χ0n) is 37.5. The molecular formula is C49H55N5O12S2+2. The van der Waals surface area contributed by atoms with E-state index < -0.39 is 60.1 Å². The summed E-state index contributed by atoms with van der Waals surface area (Å²) in [6, 6.07) is 20.1. The minimum Gasteiger partial charge on any atom is -0.481 e. The Balaban J connectivity index is 0.899. The van der Waals surface area contributed by atoms with E-state index >= 15 is 0 Å². The molecule has 0 saturated carbocycles. The first kappa shape index (κ1) is 50.9. The maximum absolute atomic E-state index is 12.9. The number of Topliss-reactive ketones (excluding diaryl/α,β-unsaturated/α-hetero) is 1. The van der Waals surface area contributed by atoms with Crippen LogP contribution in [0.25, 0.3) is 24.3 Å². The van der Waals surface area contributed by atoms with Gasteiger partial charge in [0.05, 0.1) is 32.3 Å². The molecular weight excluding hydrogens is 915 g/mol. The van der Waals surface area contributed by atoms with Crippen LogP contribution >= 0.6 is 21.6 Å². The molecule has 2 aromatic carbocycles. The average Bonchev–Trinajstić information content (AvgIpc) is 3.93. The number of anilines is 2. The highest BCUT2D eigenvalue weighted by atomic mass is 33.1. The van der Waals surface area contributed by atoms with E-state index in [0.717, 1.165) is 55.2 Å². The first-order valence-electron chi connectivity index (χ1n) is 21.8. The molecule has 5 N–H and O–H groups in total. The van der Waals surface area contributed by atoms with Gasteiger partial charge >= 0.3 is 23.9 Å². The number of pyridine rings is 2. The Morgan fingerprint density at radius 1 is 0.632 bits per heavy atom. The number of carboxylic acids is 2. The van der Waals surface area contributed by atoms with Gasteiger partial charge in [-0.25, -0.2) is 14.4 Å². The number of nitrogens with one attached hydrogen (secondary N) is 1. The fourth-order valence-electron chi connectivity index (χ4n) is 7.81. The number of amides is 1. The van der Waals surface area contributed by atoms with Gasteiger partial charge in [-0.15, -0.1) is 0 Å². The number of aliphatic hydroxyl groups is 2. The molecule has 2 fully saturated rings. The van der Waals surface area contributed by atoms with Crippen molar-refractivity contribution in [1.82, 2.24) is 5.32 Å².